The van der Waals surface area contributed by atoms with Gasteiger partial charge in [-0.3, -0.25) is 0 Å². The van der Waals surface area contributed by atoms with Crippen LogP contribution >= 0.6 is 35.3 Å². The van der Waals surface area contributed by atoms with Crippen LogP contribution in [0.25, 0.3) is 0 Å². The molecule has 0 spiro atoms. The predicted octanol–water partition coefficient (Wildman–Crippen LogP) is 4.22. The zero-order chi connectivity index (χ0) is 13.7. The number of rotatable bonds is 2. The van der Waals surface area contributed by atoms with Crippen molar-refractivity contribution >= 4 is 41.0 Å². The lowest BCUT2D eigenvalue weighted by molar-refractivity contribution is -0.274. The molecular formula is C11H10F3NOS3. The van der Waals surface area contributed by atoms with Gasteiger partial charge >= 0.3 is 6.36 Å². The minimum atomic E-state index is -4.64. The van der Waals surface area contributed by atoms with Gasteiger partial charge in [0.15, 0.2) is 3.54 Å². The average molecular weight is 325 g/mol. The zero-order valence-electron chi connectivity index (χ0n) is 9.86. The first-order valence-corrected chi connectivity index (χ1v) is 8.52. The fourth-order valence-electron chi connectivity index (χ4n) is 2.18. The van der Waals surface area contributed by atoms with Crippen LogP contribution in [0.4, 0.5) is 18.9 Å². The summed E-state index contributed by atoms with van der Waals surface area (Å²) in [4.78, 5) is 3.10. The Labute approximate surface area is 121 Å². The molecule has 2 heterocycles. The van der Waals surface area contributed by atoms with E-state index in [2.05, 4.69) is 9.64 Å². The van der Waals surface area contributed by atoms with Crippen molar-refractivity contribution in [1.82, 2.24) is 0 Å². The summed E-state index contributed by atoms with van der Waals surface area (Å²) in [5, 5.41) is 0. The normalized spacial score (nSPS) is 25.4. The minimum Gasteiger partial charge on any atom is -0.406 e. The van der Waals surface area contributed by atoms with Crippen LogP contribution in [-0.2, 0) is 0 Å². The molecule has 0 N–H and O–H groups in total. The van der Waals surface area contributed by atoms with Crippen LogP contribution in [0.3, 0.4) is 0 Å². The smallest absolute Gasteiger partial charge is 0.406 e. The molecule has 0 amide bonds. The molecule has 0 aromatic heterocycles. The first-order chi connectivity index (χ1) is 8.93. The lowest BCUT2D eigenvalue weighted by atomic mass is 10.3. The monoisotopic (exact) mass is 325 g/mol. The summed E-state index contributed by atoms with van der Waals surface area (Å²) < 4.78 is 40.5. The number of hydrogen-bond donors (Lipinski definition) is 0. The van der Waals surface area contributed by atoms with Crippen molar-refractivity contribution in [1.29, 1.82) is 0 Å². The van der Waals surface area contributed by atoms with Crippen LogP contribution < -0.4 is 9.64 Å². The molecule has 2 aliphatic rings. The highest BCUT2D eigenvalue weighted by atomic mass is 32.3. The molecule has 3 rings (SSSR count). The molecule has 0 saturated carbocycles. The molecule has 1 fully saturated rings. The van der Waals surface area contributed by atoms with Crippen LogP contribution in [0.1, 0.15) is 0 Å². The van der Waals surface area contributed by atoms with E-state index in [4.69, 9.17) is 0 Å². The highest BCUT2D eigenvalue weighted by Crippen LogP contribution is 2.63. The van der Waals surface area contributed by atoms with Gasteiger partial charge < -0.3 is 9.64 Å². The van der Waals surface area contributed by atoms with Crippen molar-refractivity contribution in [2.24, 2.45) is 0 Å². The standard InChI is InChI=1S/C11H10F3NOS3/c1-17-11-15(4-5-18-11)8-3-2-7(6-9(8)19-11)16-10(12,13)14/h2-3,6H,4-5H2,1H3. The number of ether oxygens (including phenoxy) is 1. The average Bonchev–Trinajstić information content (AvgIpc) is 2.82. The maximum atomic E-state index is 12.2. The lowest BCUT2D eigenvalue weighted by Crippen LogP contribution is -2.31. The second-order valence-corrected chi connectivity index (χ2v) is 8.30. The number of nitrogens with zero attached hydrogens (tertiary/aromatic N) is 1. The van der Waals surface area contributed by atoms with E-state index in [1.165, 1.54) is 12.1 Å². The molecular weight excluding hydrogens is 315 g/mol. The summed E-state index contributed by atoms with van der Waals surface area (Å²) in [7, 11) is 0. The van der Waals surface area contributed by atoms with Crippen LogP contribution in [-0.4, -0.2) is 28.5 Å². The number of benzene rings is 1. The molecule has 8 heteroatoms. The molecule has 0 aliphatic carbocycles. The third kappa shape index (κ3) is 2.38. The Morgan fingerprint density at radius 1 is 1.42 bits per heavy atom. The molecule has 0 bridgehead atoms. The fraction of sp³-hybridized carbons (Fsp3) is 0.455. The van der Waals surface area contributed by atoms with Gasteiger partial charge in [-0.1, -0.05) is 11.8 Å². The third-order valence-corrected chi connectivity index (χ3v) is 7.82. The highest BCUT2D eigenvalue weighted by molar-refractivity contribution is 8.34. The van der Waals surface area contributed by atoms with Crippen molar-refractivity contribution in [3.05, 3.63) is 18.2 Å². The Morgan fingerprint density at radius 3 is 2.89 bits per heavy atom. The van der Waals surface area contributed by atoms with E-state index >= 15 is 0 Å². The molecule has 1 aromatic carbocycles. The van der Waals surface area contributed by atoms with Gasteiger partial charge in [-0.05, 0) is 24.5 Å². The zero-order valence-corrected chi connectivity index (χ0v) is 12.3. The number of fused-ring (bicyclic) bond motifs is 3. The van der Waals surface area contributed by atoms with Gasteiger partial charge in [-0.25, -0.2) is 0 Å². The molecule has 0 radical (unpaired) electrons. The van der Waals surface area contributed by atoms with Gasteiger partial charge in [0, 0.05) is 17.2 Å². The molecule has 1 unspecified atom stereocenters. The Hall–Kier alpha value is -0.340. The topological polar surface area (TPSA) is 12.5 Å². The summed E-state index contributed by atoms with van der Waals surface area (Å²) in [6.45, 7) is 0.922. The maximum absolute atomic E-state index is 12.2. The van der Waals surface area contributed by atoms with E-state index in [0.717, 1.165) is 22.9 Å². The van der Waals surface area contributed by atoms with Gasteiger partial charge in [0.25, 0.3) is 0 Å². The van der Waals surface area contributed by atoms with Crippen LogP contribution in [0.2, 0.25) is 0 Å². The molecule has 2 nitrogen and oxygen atoms in total. The minimum absolute atomic E-state index is 0.126. The van der Waals surface area contributed by atoms with E-state index in [9.17, 15) is 13.2 Å². The summed E-state index contributed by atoms with van der Waals surface area (Å²) in [6.07, 6.45) is -2.61. The van der Waals surface area contributed by atoms with Gasteiger partial charge in [0.1, 0.15) is 5.75 Å². The highest BCUT2D eigenvalue weighted by Gasteiger charge is 2.48. The predicted molar refractivity (Wildman–Crippen MR) is 75.0 cm³/mol. The molecule has 1 atom stereocenters. The SMILES string of the molecule is CSC12SCCN1c1ccc(OC(F)(F)F)cc1S2. The first-order valence-electron chi connectivity index (χ1n) is 5.49. The van der Waals surface area contributed by atoms with Crippen molar-refractivity contribution in [3.63, 3.8) is 0 Å². The van der Waals surface area contributed by atoms with Gasteiger partial charge in [0.05, 0.1) is 5.69 Å². The maximum Gasteiger partial charge on any atom is 0.573 e. The van der Waals surface area contributed by atoms with Crippen molar-refractivity contribution < 1.29 is 17.9 Å². The Kier molecular flexibility index (Phi) is 3.30. The number of alkyl halides is 3. The van der Waals surface area contributed by atoms with Crippen LogP contribution in [0, 0.1) is 0 Å². The second-order valence-electron chi connectivity index (χ2n) is 4.01. The molecule has 19 heavy (non-hydrogen) atoms. The number of halogens is 3. The van der Waals surface area contributed by atoms with E-state index in [0.29, 0.717) is 0 Å². The van der Waals surface area contributed by atoms with Crippen molar-refractivity contribution in [2.75, 3.05) is 23.5 Å². The Morgan fingerprint density at radius 2 is 2.21 bits per heavy atom. The van der Waals surface area contributed by atoms with Crippen LogP contribution in [0.15, 0.2) is 23.1 Å². The lowest BCUT2D eigenvalue weighted by Gasteiger charge is -2.29. The van der Waals surface area contributed by atoms with Crippen molar-refractivity contribution in [2.45, 2.75) is 14.8 Å². The summed E-state index contributed by atoms with van der Waals surface area (Å²) in [6, 6.07) is 4.57. The first kappa shape index (κ1) is 13.6. The van der Waals surface area contributed by atoms with Gasteiger partial charge in [-0.15, -0.1) is 36.7 Å². The number of anilines is 1. The summed E-state index contributed by atoms with van der Waals surface area (Å²) in [5.41, 5.74) is 0.999. The molecule has 104 valence electrons. The molecule has 2 aliphatic heterocycles. The van der Waals surface area contributed by atoms with E-state index in [1.54, 1.807) is 29.6 Å². The van der Waals surface area contributed by atoms with Gasteiger partial charge in [-0.2, -0.15) is 0 Å². The van der Waals surface area contributed by atoms with Crippen LogP contribution in [0.5, 0.6) is 5.75 Å². The second kappa shape index (κ2) is 4.60. The van der Waals surface area contributed by atoms with E-state index in [-0.39, 0.29) is 9.28 Å². The summed E-state index contributed by atoms with van der Waals surface area (Å²) in [5.74, 6) is 0.884. The Balaban J connectivity index is 1.91. The largest absolute Gasteiger partial charge is 0.573 e. The Bertz CT molecular complexity index is 510. The number of hydrogen-bond acceptors (Lipinski definition) is 5. The molecule has 1 saturated heterocycles. The third-order valence-electron chi connectivity index (χ3n) is 2.88. The van der Waals surface area contributed by atoms with E-state index in [1.807, 2.05) is 18.0 Å². The number of thioether (sulfide) groups is 3. The quantitative estimate of drug-likeness (QED) is 0.805. The van der Waals surface area contributed by atoms with Crippen molar-refractivity contribution in [3.8, 4) is 5.75 Å². The summed E-state index contributed by atoms with van der Waals surface area (Å²) >= 11 is 5.14. The van der Waals surface area contributed by atoms with E-state index < -0.39 is 6.36 Å². The van der Waals surface area contributed by atoms with Gasteiger partial charge in [0.2, 0.25) is 0 Å². The molecule has 1 aromatic rings. The fourth-order valence-corrected chi connectivity index (χ4v) is 6.58.